The molecule has 2 heterocycles. The van der Waals surface area contributed by atoms with Crippen LogP contribution in [0.15, 0.2) is 24.5 Å². The summed E-state index contributed by atoms with van der Waals surface area (Å²) in [6.45, 7) is 1.50. The summed E-state index contributed by atoms with van der Waals surface area (Å²) in [6, 6.07) is 5.63. The first-order valence-electron chi connectivity index (χ1n) is 9.73. The molecule has 1 saturated heterocycles. The van der Waals surface area contributed by atoms with Gasteiger partial charge in [0.2, 0.25) is 5.91 Å². The summed E-state index contributed by atoms with van der Waals surface area (Å²) in [7, 11) is 0. The van der Waals surface area contributed by atoms with Crippen molar-refractivity contribution in [3.63, 3.8) is 0 Å². The Morgan fingerprint density at radius 2 is 1.85 bits per heavy atom. The van der Waals surface area contributed by atoms with E-state index in [0.717, 1.165) is 49.8 Å². The molecule has 26 heavy (non-hydrogen) atoms. The Morgan fingerprint density at radius 3 is 2.62 bits per heavy atom. The lowest BCUT2D eigenvalue weighted by Gasteiger charge is -2.35. The number of hydrogen-bond donors (Lipinski definition) is 2. The Labute approximate surface area is 153 Å². The van der Waals surface area contributed by atoms with E-state index in [1.165, 1.54) is 19.3 Å². The fourth-order valence-corrected chi connectivity index (χ4v) is 4.20. The second-order valence-electron chi connectivity index (χ2n) is 7.54. The molecule has 2 amide bonds. The van der Waals surface area contributed by atoms with Crippen LogP contribution in [0.2, 0.25) is 0 Å². The number of nitrogens with zero attached hydrogens (tertiary/aromatic N) is 2. The molecule has 2 fully saturated rings. The van der Waals surface area contributed by atoms with Gasteiger partial charge in [-0.05, 0) is 43.9 Å². The molecule has 1 aliphatic carbocycles. The highest BCUT2D eigenvalue weighted by Crippen LogP contribution is 2.26. The number of amides is 2. The van der Waals surface area contributed by atoms with Crippen molar-refractivity contribution >= 4 is 22.8 Å². The zero-order valence-electron chi connectivity index (χ0n) is 15.0. The van der Waals surface area contributed by atoms with E-state index in [4.69, 9.17) is 0 Å². The van der Waals surface area contributed by atoms with Crippen LogP contribution in [0.4, 0.5) is 0 Å². The van der Waals surface area contributed by atoms with Crippen molar-refractivity contribution in [1.82, 2.24) is 20.2 Å². The zero-order valence-corrected chi connectivity index (χ0v) is 15.0. The molecule has 1 aromatic heterocycles. The van der Waals surface area contributed by atoms with E-state index >= 15 is 0 Å². The molecule has 1 aliphatic heterocycles. The van der Waals surface area contributed by atoms with Crippen LogP contribution in [0, 0.1) is 5.92 Å². The number of imidazole rings is 1. The van der Waals surface area contributed by atoms with Crippen LogP contribution < -0.4 is 5.32 Å². The van der Waals surface area contributed by atoms with Gasteiger partial charge in [0.25, 0.3) is 5.91 Å². The molecule has 2 N–H and O–H groups in total. The highest BCUT2D eigenvalue weighted by atomic mass is 16.2. The van der Waals surface area contributed by atoms with Gasteiger partial charge in [-0.2, -0.15) is 0 Å². The zero-order chi connectivity index (χ0) is 17.9. The van der Waals surface area contributed by atoms with E-state index in [1.54, 1.807) is 12.4 Å². The summed E-state index contributed by atoms with van der Waals surface area (Å²) in [5.41, 5.74) is 2.36. The molecule has 0 bridgehead atoms. The average Bonchev–Trinajstić information content (AvgIpc) is 3.16. The standard InChI is InChI=1S/C20H26N4O2/c25-19(15-6-7-17-18(12-15)22-13-21-17)23-16-8-10-24(11-9-16)20(26)14-4-2-1-3-5-14/h6-7,12-14,16H,1-5,8-11H2,(H,21,22)(H,23,25). The lowest BCUT2D eigenvalue weighted by Crippen LogP contribution is -2.48. The minimum atomic E-state index is -0.0569. The van der Waals surface area contributed by atoms with Gasteiger partial charge in [-0.25, -0.2) is 4.98 Å². The lowest BCUT2D eigenvalue weighted by atomic mass is 9.87. The monoisotopic (exact) mass is 354 g/mol. The summed E-state index contributed by atoms with van der Waals surface area (Å²) in [6.07, 6.45) is 9.02. The number of aromatic nitrogens is 2. The maximum atomic E-state index is 12.6. The minimum absolute atomic E-state index is 0.0569. The highest BCUT2D eigenvalue weighted by Gasteiger charge is 2.29. The van der Waals surface area contributed by atoms with Gasteiger partial charge < -0.3 is 15.2 Å². The molecule has 2 aromatic rings. The number of hydrogen-bond acceptors (Lipinski definition) is 3. The number of likely N-dealkylation sites (tertiary alicyclic amines) is 1. The van der Waals surface area contributed by atoms with E-state index in [9.17, 15) is 9.59 Å². The summed E-state index contributed by atoms with van der Waals surface area (Å²) < 4.78 is 0. The van der Waals surface area contributed by atoms with Crippen molar-refractivity contribution in [3.8, 4) is 0 Å². The third kappa shape index (κ3) is 3.59. The van der Waals surface area contributed by atoms with Crippen molar-refractivity contribution in [2.45, 2.75) is 51.0 Å². The predicted octanol–water partition coefficient (Wildman–Crippen LogP) is 2.86. The van der Waals surface area contributed by atoms with Gasteiger partial charge in [-0.3, -0.25) is 9.59 Å². The quantitative estimate of drug-likeness (QED) is 0.890. The number of nitrogens with one attached hydrogen (secondary N) is 2. The molecular weight excluding hydrogens is 328 g/mol. The molecule has 0 spiro atoms. The largest absolute Gasteiger partial charge is 0.349 e. The number of fused-ring (bicyclic) bond motifs is 1. The fourth-order valence-electron chi connectivity index (χ4n) is 4.20. The van der Waals surface area contributed by atoms with E-state index in [-0.39, 0.29) is 17.9 Å². The Balaban J connectivity index is 1.30. The molecular formula is C20H26N4O2. The molecule has 6 nitrogen and oxygen atoms in total. The second kappa shape index (κ2) is 7.48. The van der Waals surface area contributed by atoms with Crippen LogP contribution in [0.3, 0.4) is 0 Å². The van der Waals surface area contributed by atoms with E-state index in [0.29, 0.717) is 11.5 Å². The number of rotatable bonds is 3. The Hall–Kier alpha value is -2.37. The summed E-state index contributed by atoms with van der Waals surface area (Å²) in [5.74, 6) is 0.508. The van der Waals surface area contributed by atoms with Gasteiger partial charge in [-0.15, -0.1) is 0 Å². The van der Waals surface area contributed by atoms with E-state index in [2.05, 4.69) is 15.3 Å². The van der Waals surface area contributed by atoms with Crippen LogP contribution in [-0.2, 0) is 4.79 Å². The van der Waals surface area contributed by atoms with Crippen molar-refractivity contribution in [3.05, 3.63) is 30.1 Å². The molecule has 0 atom stereocenters. The molecule has 1 aromatic carbocycles. The topological polar surface area (TPSA) is 78.1 Å². The first-order valence-corrected chi connectivity index (χ1v) is 9.73. The van der Waals surface area contributed by atoms with Crippen molar-refractivity contribution in [2.24, 2.45) is 5.92 Å². The smallest absolute Gasteiger partial charge is 0.251 e. The first kappa shape index (κ1) is 17.1. The van der Waals surface area contributed by atoms with Crippen molar-refractivity contribution < 1.29 is 9.59 Å². The number of carbonyl (C=O) groups excluding carboxylic acids is 2. The van der Waals surface area contributed by atoms with E-state index < -0.39 is 0 Å². The van der Waals surface area contributed by atoms with Gasteiger partial charge in [-0.1, -0.05) is 19.3 Å². The van der Waals surface area contributed by atoms with Gasteiger partial charge in [0.15, 0.2) is 0 Å². The van der Waals surface area contributed by atoms with Gasteiger partial charge >= 0.3 is 0 Å². The fraction of sp³-hybridized carbons (Fsp3) is 0.550. The van der Waals surface area contributed by atoms with Crippen LogP contribution >= 0.6 is 0 Å². The first-order chi connectivity index (χ1) is 12.7. The summed E-state index contributed by atoms with van der Waals surface area (Å²) >= 11 is 0. The third-order valence-corrected chi connectivity index (χ3v) is 5.78. The van der Waals surface area contributed by atoms with Crippen molar-refractivity contribution in [1.29, 1.82) is 0 Å². The summed E-state index contributed by atoms with van der Waals surface area (Å²) in [4.78, 5) is 34.4. The van der Waals surface area contributed by atoms with Crippen molar-refractivity contribution in [2.75, 3.05) is 13.1 Å². The number of piperidine rings is 1. The van der Waals surface area contributed by atoms with Gasteiger partial charge in [0, 0.05) is 30.6 Å². The molecule has 2 aliphatic rings. The molecule has 6 heteroatoms. The van der Waals surface area contributed by atoms with Crippen LogP contribution in [0.5, 0.6) is 0 Å². The molecule has 138 valence electrons. The van der Waals surface area contributed by atoms with Crippen LogP contribution in [-0.4, -0.2) is 45.8 Å². The third-order valence-electron chi connectivity index (χ3n) is 5.78. The van der Waals surface area contributed by atoms with Gasteiger partial charge in [0.05, 0.1) is 17.4 Å². The maximum Gasteiger partial charge on any atom is 0.251 e. The molecule has 0 radical (unpaired) electrons. The molecule has 0 unspecified atom stereocenters. The molecule has 4 rings (SSSR count). The normalized spacial score (nSPS) is 19.6. The number of carbonyl (C=O) groups is 2. The van der Waals surface area contributed by atoms with Crippen LogP contribution in [0.25, 0.3) is 11.0 Å². The van der Waals surface area contributed by atoms with E-state index in [1.807, 2.05) is 17.0 Å². The highest BCUT2D eigenvalue weighted by molar-refractivity contribution is 5.97. The Morgan fingerprint density at radius 1 is 1.08 bits per heavy atom. The number of aromatic amines is 1. The average molecular weight is 354 g/mol. The maximum absolute atomic E-state index is 12.6. The Kier molecular flexibility index (Phi) is 4.91. The van der Waals surface area contributed by atoms with Crippen LogP contribution in [0.1, 0.15) is 55.3 Å². The second-order valence-corrected chi connectivity index (χ2v) is 7.54. The molecule has 1 saturated carbocycles. The number of benzene rings is 1. The summed E-state index contributed by atoms with van der Waals surface area (Å²) in [5, 5.41) is 3.12. The predicted molar refractivity (Wildman–Crippen MR) is 99.7 cm³/mol. The number of H-pyrrole nitrogens is 1. The Bertz CT molecular complexity index is 786. The minimum Gasteiger partial charge on any atom is -0.349 e. The van der Waals surface area contributed by atoms with Gasteiger partial charge in [0.1, 0.15) is 0 Å². The lowest BCUT2D eigenvalue weighted by molar-refractivity contribution is -0.137. The SMILES string of the molecule is O=C(NC1CCN(C(=O)C2CCCCC2)CC1)c1ccc2nc[nH]c2c1.